The average molecular weight is 461 g/mol. The third kappa shape index (κ3) is 3.88. The minimum absolute atomic E-state index is 0.144. The highest BCUT2D eigenvalue weighted by Gasteiger charge is 2.34. The van der Waals surface area contributed by atoms with E-state index in [1.807, 2.05) is 12.1 Å². The van der Waals surface area contributed by atoms with Gasteiger partial charge in [0.1, 0.15) is 11.3 Å². The average Bonchev–Trinajstić information content (AvgIpc) is 2.89. The van der Waals surface area contributed by atoms with Gasteiger partial charge < -0.3 is 14.4 Å². The van der Waals surface area contributed by atoms with Crippen molar-refractivity contribution < 1.29 is 27.8 Å². The zero-order valence-electron chi connectivity index (χ0n) is 17.1. The highest BCUT2D eigenvalue weighted by Crippen LogP contribution is 2.46. The van der Waals surface area contributed by atoms with Crippen molar-refractivity contribution in [1.82, 2.24) is 4.57 Å². The van der Waals surface area contributed by atoms with E-state index < -0.39 is 28.7 Å². The molecule has 2 aromatic carbocycles. The standard InChI is InChI=1S/C23H18F3NO4S/c1-12-9-18(28)21(22(29)30)17-11-20(13-3-6-15(31-2)7-4-13)32-19-8-5-14(23(24,25)26)10-16(19)27(12)17/h3-10,20H,11H2,1-2H3,(H,29,30)/t20-/m1/s1. The first kappa shape index (κ1) is 22.0. The largest absolute Gasteiger partial charge is 0.497 e. The van der Waals surface area contributed by atoms with E-state index in [-0.39, 0.29) is 23.1 Å². The van der Waals surface area contributed by atoms with Gasteiger partial charge in [-0.25, -0.2) is 4.79 Å². The normalized spacial score (nSPS) is 15.5. The van der Waals surface area contributed by atoms with Gasteiger partial charge in [-0.05, 0) is 42.8 Å². The molecule has 1 aliphatic rings. The van der Waals surface area contributed by atoms with Crippen molar-refractivity contribution in [2.24, 2.45) is 0 Å². The number of aromatic nitrogens is 1. The molecule has 3 aromatic rings. The number of benzene rings is 2. The maximum atomic E-state index is 13.4. The molecule has 0 unspecified atom stereocenters. The number of ether oxygens (including phenoxy) is 1. The Hall–Kier alpha value is -3.20. The van der Waals surface area contributed by atoms with Crippen molar-refractivity contribution in [1.29, 1.82) is 0 Å². The molecule has 166 valence electrons. The molecule has 9 heteroatoms. The first-order chi connectivity index (χ1) is 15.1. The van der Waals surface area contributed by atoms with Crippen molar-refractivity contribution in [2.45, 2.75) is 29.7 Å². The molecule has 0 bridgehead atoms. The van der Waals surface area contributed by atoms with E-state index in [2.05, 4.69) is 0 Å². The van der Waals surface area contributed by atoms with Crippen molar-refractivity contribution in [3.8, 4) is 11.4 Å². The van der Waals surface area contributed by atoms with Gasteiger partial charge in [-0.2, -0.15) is 13.2 Å². The van der Waals surface area contributed by atoms with Crippen LogP contribution in [-0.2, 0) is 12.6 Å². The molecule has 0 saturated heterocycles. The predicted octanol–water partition coefficient (Wildman–Crippen LogP) is 5.26. The smallest absolute Gasteiger partial charge is 0.416 e. The van der Waals surface area contributed by atoms with E-state index in [9.17, 15) is 27.9 Å². The Morgan fingerprint density at radius 3 is 2.44 bits per heavy atom. The molecular weight excluding hydrogens is 443 g/mol. The molecule has 0 saturated carbocycles. The molecule has 1 N–H and O–H groups in total. The molecule has 2 heterocycles. The van der Waals surface area contributed by atoms with Crippen LogP contribution < -0.4 is 10.2 Å². The third-order valence-corrected chi connectivity index (χ3v) is 6.70. The van der Waals surface area contributed by atoms with Crippen molar-refractivity contribution in [2.75, 3.05) is 7.11 Å². The highest BCUT2D eigenvalue weighted by atomic mass is 32.2. The summed E-state index contributed by atoms with van der Waals surface area (Å²) in [4.78, 5) is 25.1. The van der Waals surface area contributed by atoms with E-state index in [1.165, 1.54) is 29.5 Å². The summed E-state index contributed by atoms with van der Waals surface area (Å²) in [7, 11) is 1.54. The fraction of sp³-hybridized carbons (Fsp3) is 0.217. The summed E-state index contributed by atoms with van der Waals surface area (Å²) in [5.74, 6) is -0.770. The van der Waals surface area contributed by atoms with Crippen molar-refractivity contribution in [3.63, 3.8) is 0 Å². The molecule has 0 aliphatic carbocycles. The number of aryl methyl sites for hydroxylation is 1. The molecule has 32 heavy (non-hydrogen) atoms. The molecule has 0 radical (unpaired) electrons. The monoisotopic (exact) mass is 461 g/mol. The third-order valence-electron chi connectivity index (χ3n) is 5.37. The van der Waals surface area contributed by atoms with Gasteiger partial charge in [-0.15, -0.1) is 11.8 Å². The number of hydrogen-bond acceptors (Lipinski definition) is 4. The summed E-state index contributed by atoms with van der Waals surface area (Å²) in [5, 5.41) is 9.42. The Labute approximate surface area is 185 Å². The summed E-state index contributed by atoms with van der Waals surface area (Å²) in [5.41, 5.74) is -0.368. The number of carboxylic acids is 1. The van der Waals surface area contributed by atoms with E-state index >= 15 is 0 Å². The van der Waals surface area contributed by atoms with Crippen LogP contribution in [0.5, 0.6) is 5.75 Å². The van der Waals surface area contributed by atoms with Crippen LogP contribution in [0.3, 0.4) is 0 Å². The van der Waals surface area contributed by atoms with Gasteiger partial charge in [-0.3, -0.25) is 4.79 Å². The van der Waals surface area contributed by atoms with Crippen LogP contribution in [0.1, 0.15) is 38.1 Å². The van der Waals surface area contributed by atoms with Gasteiger partial charge in [0.05, 0.1) is 18.4 Å². The Kier molecular flexibility index (Phi) is 5.54. The first-order valence-electron chi connectivity index (χ1n) is 9.61. The summed E-state index contributed by atoms with van der Waals surface area (Å²) in [6, 6.07) is 11.7. The second kappa shape index (κ2) is 8.05. The van der Waals surface area contributed by atoms with Crippen molar-refractivity contribution in [3.05, 3.63) is 86.8 Å². The Bertz CT molecular complexity index is 1270. The van der Waals surface area contributed by atoms with Crippen LogP contribution in [0.2, 0.25) is 0 Å². The number of pyridine rings is 1. The predicted molar refractivity (Wildman–Crippen MR) is 114 cm³/mol. The number of rotatable bonds is 3. The number of carbonyl (C=O) groups is 1. The maximum absolute atomic E-state index is 13.4. The van der Waals surface area contributed by atoms with Gasteiger partial charge in [-0.1, -0.05) is 12.1 Å². The summed E-state index contributed by atoms with van der Waals surface area (Å²) >= 11 is 1.33. The van der Waals surface area contributed by atoms with Crippen LogP contribution in [0.4, 0.5) is 13.2 Å². The van der Waals surface area contributed by atoms with E-state index in [0.29, 0.717) is 16.3 Å². The molecule has 1 atom stereocenters. The summed E-state index contributed by atoms with van der Waals surface area (Å²) < 4.78 is 47.0. The van der Waals surface area contributed by atoms with Crippen LogP contribution >= 0.6 is 11.8 Å². The van der Waals surface area contributed by atoms with Crippen LogP contribution in [0, 0.1) is 6.92 Å². The number of carboxylic acid groups (broad SMARTS) is 1. The number of hydrogen-bond donors (Lipinski definition) is 1. The lowest BCUT2D eigenvalue weighted by molar-refractivity contribution is -0.137. The number of nitrogens with zero attached hydrogens (tertiary/aromatic N) is 1. The Balaban J connectivity index is 2.00. The lowest BCUT2D eigenvalue weighted by atomic mass is 10.0. The molecule has 0 amide bonds. The fourth-order valence-electron chi connectivity index (χ4n) is 3.89. The summed E-state index contributed by atoms with van der Waals surface area (Å²) in [6.45, 7) is 1.58. The van der Waals surface area contributed by atoms with E-state index in [1.54, 1.807) is 19.1 Å². The van der Waals surface area contributed by atoms with Gasteiger partial charge in [0.2, 0.25) is 0 Å². The molecule has 5 nitrogen and oxygen atoms in total. The Morgan fingerprint density at radius 1 is 1.16 bits per heavy atom. The second-order valence-corrected chi connectivity index (χ2v) is 8.62. The zero-order valence-corrected chi connectivity index (χ0v) is 17.9. The Morgan fingerprint density at radius 2 is 1.84 bits per heavy atom. The molecule has 0 spiro atoms. The lowest BCUT2D eigenvalue weighted by Gasteiger charge is -2.19. The molecule has 1 aromatic heterocycles. The minimum atomic E-state index is -4.57. The number of halogens is 3. The number of alkyl halides is 3. The zero-order chi connectivity index (χ0) is 23.2. The van der Waals surface area contributed by atoms with Crippen LogP contribution in [-0.4, -0.2) is 22.8 Å². The second-order valence-electron chi connectivity index (χ2n) is 7.38. The van der Waals surface area contributed by atoms with Gasteiger partial charge in [0.15, 0.2) is 5.43 Å². The van der Waals surface area contributed by atoms with Gasteiger partial charge >= 0.3 is 12.1 Å². The minimum Gasteiger partial charge on any atom is -0.497 e. The molecular formula is C23H18F3NO4S. The summed E-state index contributed by atoms with van der Waals surface area (Å²) in [6.07, 6.45) is -4.42. The molecule has 4 rings (SSSR count). The first-order valence-corrected chi connectivity index (χ1v) is 10.5. The fourth-order valence-corrected chi connectivity index (χ4v) is 5.15. The van der Waals surface area contributed by atoms with Gasteiger partial charge in [0, 0.05) is 34.0 Å². The van der Waals surface area contributed by atoms with E-state index in [0.717, 1.165) is 23.8 Å². The lowest BCUT2D eigenvalue weighted by Crippen LogP contribution is -2.24. The molecule has 0 fully saturated rings. The van der Waals surface area contributed by atoms with Crippen molar-refractivity contribution >= 4 is 17.7 Å². The quantitative estimate of drug-likeness (QED) is 0.576. The topological polar surface area (TPSA) is 68.5 Å². The van der Waals surface area contributed by atoms with Gasteiger partial charge in [0.25, 0.3) is 0 Å². The number of methoxy groups -OCH3 is 1. The molecule has 1 aliphatic heterocycles. The number of fused-ring (bicyclic) bond motifs is 3. The SMILES string of the molecule is COc1ccc([C@H]2Cc3c(C(=O)O)c(=O)cc(C)n3-c3cc(C(F)(F)F)ccc3S2)cc1. The number of aromatic carboxylic acids is 1. The van der Waals surface area contributed by atoms with Crippen LogP contribution in [0.15, 0.2) is 58.2 Å². The van der Waals surface area contributed by atoms with E-state index in [4.69, 9.17) is 4.74 Å². The highest BCUT2D eigenvalue weighted by molar-refractivity contribution is 7.99. The van der Waals surface area contributed by atoms with Crippen LogP contribution in [0.25, 0.3) is 5.69 Å². The number of thioether (sulfide) groups is 1. The maximum Gasteiger partial charge on any atom is 0.416 e.